The molecule has 0 atom stereocenters. The van der Waals surface area contributed by atoms with Gasteiger partial charge >= 0.3 is 0 Å². The largest absolute Gasteiger partial charge is 0.100 e. The minimum atomic E-state index is 0. The van der Waals surface area contributed by atoms with Crippen LogP contribution in [0.5, 0.6) is 0 Å². The molecule has 0 rings (SSSR count). The third kappa shape index (κ3) is 9.89. The zero-order valence-corrected chi connectivity index (χ0v) is 12.7. The second kappa shape index (κ2) is 10.8. The number of hydrogen-bond donors (Lipinski definition) is 0. The summed E-state index contributed by atoms with van der Waals surface area (Å²) in [7, 11) is 0. The van der Waals surface area contributed by atoms with E-state index in [1.807, 2.05) is 34.6 Å². The van der Waals surface area contributed by atoms with Crippen molar-refractivity contribution in [2.45, 2.75) is 55.9 Å². The van der Waals surface area contributed by atoms with Crippen LogP contribution in [-0.4, -0.2) is 0 Å². The van der Waals surface area contributed by atoms with Gasteiger partial charge in [-0.1, -0.05) is 49.0 Å². The van der Waals surface area contributed by atoms with Crippen LogP contribution >= 0.6 is 0 Å². The molecule has 0 aliphatic rings. The van der Waals surface area contributed by atoms with Crippen LogP contribution in [0.25, 0.3) is 0 Å². The summed E-state index contributed by atoms with van der Waals surface area (Å²) >= 11 is 0. The molecule has 0 aliphatic carbocycles. The Hall–Kier alpha value is -1.30. The van der Waals surface area contributed by atoms with Gasteiger partial charge in [-0.25, -0.2) is 0 Å². The Bertz CT molecular complexity index is 339. The van der Waals surface area contributed by atoms with E-state index in [1.54, 1.807) is 0 Å². The Morgan fingerprint density at radius 1 is 0.778 bits per heavy atom. The van der Waals surface area contributed by atoms with Crippen molar-refractivity contribution in [3.05, 3.63) is 59.3 Å². The Balaban J connectivity index is -0.000000392. The molecule has 0 aromatic rings. The maximum atomic E-state index is 3.97. The van der Waals surface area contributed by atoms with E-state index < -0.39 is 0 Å². The summed E-state index contributed by atoms with van der Waals surface area (Å²) in [5.41, 5.74) is 7.12. The highest BCUT2D eigenvalue weighted by molar-refractivity contribution is 5.50. The predicted octanol–water partition coefficient (Wildman–Crippen LogP) is 6.64. The summed E-state index contributed by atoms with van der Waals surface area (Å²) in [4.78, 5) is 0. The number of rotatable bonds is 3. The molecule has 0 nitrogen and oxygen atoms in total. The van der Waals surface area contributed by atoms with E-state index in [2.05, 4.69) is 39.7 Å². The molecule has 104 valence electrons. The van der Waals surface area contributed by atoms with Crippen LogP contribution < -0.4 is 0 Å². The van der Waals surface area contributed by atoms with Crippen molar-refractivity contribution in [3.8, 4) is 0 Å². The third-order valence-corrected chi connectivity index (χ3v) is 2.25. The molecule has 0 heteroatoms. The van der Waals surface area contributed by atoms with Crippen molar-refractivity contribution in [1.29, 1.82) is 0 Å². The minimum Gasteiger partial charge on any atom is -0.100 e. The van der Waals surface area contributed by atoms with Gasteiger partial charge in [0.2, 0.25) is 0 Å². The summed E-state index contributed by atoms with van der Waals surface area (Å²) in [6.07, 6.45) is 2.11. The van der Waals surface area contributed by atoms with Crippen LogP contribution in [0, 0.1) is 0 Å². The van der Waals surface area contributed by atoms with E-state index >= 15 is 0 Å². The number of allylic oxidation sites excluding steroid dienone is 7. The van der Waals surface area contributed by atoms with Gasteiger partial charge in [0.05, 0.1) is 0 Å². The van der Waals surface area contributed by atoms with E-state index in [0.29, 0.717) is 0 Å². The monoisotopic (exact) mass is 248 g/mol. The topological polar surface area (TPSA) is 0 Å². The molecule has 0 aromatic carbocycles. The summed E-state index contributed by atoms with van der Waals surface area (Å²) in [5.74, 6) is 0. The van der Waals surface area contributed by atoms with Crippen molar-refractivity contribution in [1.82, 2.24) is 0 Å². The standard InChI is InChI=1S/C13H20.C4H8.CH4/c1-8-11(6)12(7)13(9(2)3)10(4)5;1-4(2)3;/h8H,2,4H2,1,3,5-7H3;1H2,2-3H3;1H4/b11-8+;;. The molecule has 0 unspecified atom stereocenters. The second-order valence-corrected chi connectivity index (χ2v) is 4.74. The van der Waals surface area contributed by atoms with Gasteiger partial charge in [0.1, 0.15) is 0 Å². The first-order valence-corrected chi connectivity index (χ1v) is 5.93. The van der Waals surface area contributed by atoms with Gasteiger partial charge in [-0.15, -0.1) is 6.58 Å². The fourth-order valence-corrected chi connectivity index (χ4v) is 1.42. The summed E-state index contributed by atoms with van der Waals surface area (Å²) < 4.78 is 0. The van der Waals surface area contributed by atoms with Crippen molar-refractivity contribution in [3.63, 3.8) is 0 Å². The summed E-state index contributed by atoms with van der Waals surface area (Å²) in [6, 6.07) is 0. The lowest BCUT2D eigenvalue weighted by atomic mass is 9.93. The lowest BCUT2D eigenvalue weighted by molar-refractivity contribution is 1.22. The molecule has 0 bridgehead atoms. The molecule has 18 heavy (non-hydrogen) atoms. The molecule has 0 saturated carbocycles. The van der Waals surface area contributed by atoms with E-state index in [1.165, 1.54) is 22.3 Å². The molecule has 0 aliphatic heterocycles. The average molecular weight is 248 g/mol. The lowest BCUT2D eigenvalue weighted by Crippen LogP contribution is -1.93. The highest BCUT2D eigenvalue weighted by Crippen LogP contribution is 2.24. The normalized spacial score (nSPS) is 9.39. The highest BCUT2D eigenvalue weighted by Gasteiger charge is 2.05. The maximum Gasteiger partial charge on any atom is -0.0178 e. The first kappa shape index (κ1) is 21.9. The van der Waals surface area contributed by atoms with Crippen molar-refractivity contribution < 1.29 is 0 Å². The fourth-order valence-electron chi connectivity index (χ4n) is 1.42. The number of hydrogen-bond acceptors (Lipinski definition) is 0. The summed E-state index contributed by atoms with van der Waals surface area (Å²) in [5, 5.41) is 0. The Kier molecular flexibility index (Phi) is 13.2. The molecule has 0 fully saturated rings. The van der Waals surface area contributed by atoms with Gasteiger partial charge in [-0.3, -0.25) is 0 Å². The van der Waals surface area contributed by atoms with Gasteiger partial charge < -0.3 is 0 Å². The Morgan fingerprint density at radius 3 is 1.22 bits per heavy atom. The van der Waals surface area contributed by atoms with Crippen molar-refractivity contribution >= 4 is 0 Å². The molecule has 0 radical (unpaired) electrons. The Morgan fingerprint density at radius 2 is 1.06 bits per heavy atom. The molecule has 0 N–H and O–H groups in total. The molecule has 0 heterocycles. The van der Waals surface area contributed by atoms with Crippen LogP contribution in [0.3, 0.4) is 0 Å². The highest BCUT2D eigenvalue weighted by atomic mass is 14.1. The third-order valence-electron chi connectivity index (χ3n) is 2.25. The molecular weight excluding hydrogens is 216 g/mol. The quantitative estimate of drug-likeness (QED) is 0.388. The van der Waals surface area contributed by atoms with Crippen LogP contribution in [0.2, 0.25) is 0 Å². The van der Waals surface area contributed by atoms with Gasteiger partial charge in [-0.05, 0) is 59.6 Å². The minimum absolute atomic E-state index is 0. The molecule has 0 amide bonds. The maximum absolute atomic E-state index is 3.97. The van der Waals surface area contributed by atoms with Crippen molar-refractivity contribution in [2.24, 2.45) is 0 Å². The average Bonchev–Trinajstić information content (AvgIpc) is 2.14. The van der Waals surface area contributed by atoms with Gasteiger partial charge in [-0.2, -0.15) is 0 Å². The summed E-state index contributed by atoms with van der Waals surface area (Å²) in [6.45, 7) is 25.8. The van der Waals surface area contributed by atoms with Crippen LogP contribution in [0.4, 0.5) is 0 Å². The molecule has 0 saturated heterocycles. The SMILES string of the molecule is C.C=C(C)C.C=C(C)C(C(=C)C)=C(C)/C(C)=C/C. The smallest absolute Gasteiger partial charge is 0.0178 e. The van der Waals surface area contributed by atoms with Crippen molar-refractivity contribution in [2.75, 3.05) is 0 Å². The predicted molar refractivity (Wildman–Crippen MR) is 89.0 cm³/mol. The zero-order valence-electron chi connectivity index (χ0n) is 12.7. The first-order chi connectivity index (χ1) is 7.64. The van der Waals surface area contributed by atoms with E-state index in [0.717, 1.165) is 11.1 Å². The first-order valence-electron chi connectivity index (χ1n) is 5.93. The molecular formula is C18H32. The van der Waals surface area contributed by atoms with E-state index in [-0.39, 0.29) is 7.43 Å². The zero-order chi connectivity index (χ0) is 14.2. The van der Waals surface area contributed by atoms with E-state index in [9.17, 15) is 0 Å². The van der Waals surface area contributed by atoms with Gasteiger partial charge in [0.25, 0.3) is 0 Å². The fraction of sp³-hybridized carbons (Fsp3) is 0.444. The lowest BCUT2D eigenvalue weighted by Gasteiger charge is -2.12. The van der Waals surface area contributed by atoms with Crippen LogP contribution in [0.15, 0.2) is 59.3 Å². The van der Waals surface area contributed by atoms with Gasteiger partial charge in [0, 0.05) is 0 Å². The molecule has 0 spiro atoms. The molecule has 0 aromatic heterocycles. The second-order valence-electron chi connectivity index (χ2n) is 4.74. The van der Waals surface area contributed by atoms with Crippen LogP contribution in [0.1, 0.15) is 55.9 Å². The van der Waals surface area contributed by atoms with Gasteiger partial charge in [0.15, 0.2) is 0 Å². The Labute approximate surface area is 116 Å². The van der Waals surface area contributed by atoms with E-state index in [4.69, 9.17) is 0 Å². The van der Waals surface area contributed by atoms with Crippen LogP contribution in [-0.2, 0) is 0 Å².